The van der Waals surface area contributed by atoms with E-state index in [0.29, 0.717) is 6.54 Å². The zero-order chi connectivity index (χ0) is 20.1. The third-order valence-electron chi connectivity index (χ3n) is 5.64. The molecule has 0 aliphatic carbocycles. The molecule has 1 unspecified atom stereocenters. The van der Waals surface area contributed by atoms with Crippen LogP contribution in [0.1, 0.15) is 48.9 Å². The van der Waals surface area contributed by atoms with Gasteiger partial charge in [-0.25, -0.2) is 4.79 Å². The number of hydrogen-bond donors (Lipinski definition) is 2. The van der Waals surface area contributed by atoms with Crippen molar-refractivity contribution < 1.29 is 14.3 Å². The molecule has 4 rings (SSSR count). The molecular formula is C23H29N3O3. The van der Waals surface area contributed by atoms with Crippen LogP contribution in [0.5, 0.6) is 11.5 Å². The Morgan fingerprint density at radius 3 is 2.62 bits per heavy atom. The van der Waals surface area contributed by atoms with Crippen LogP contribution in [0.4, 0.5) is 4.79 Å². The Bertz CT molecular complexity index is 849. The van der Waals surface area contributed by atoms with Gasteiger partial charge in [-0.2, -0.15) is 0 Å². The first-order valence-corrected chi connectivity index (χ1v) is 10.4. The lowest BCUT2D eigenvalue weighted by Gasteiger charge is -2.27. The summed E-state index contributed by atoms with van der Waals surface area (Å²) in [5.74, 6) is 1.47. The zero-order valence-electron chi connectivity index (χ0n) is 16.9. The molecule has 29 heavy (non-hydrogen) atoms. The molecular weight excluding hydrogens is 366 g/mol. The maximum Gasteiger partial charge on any atom is 0.315 e. The predicted molar refractivity (Wildman–Crippen MR) is 112 cm³/mol. The molecule has 2 aromatic carbocycles. The van der Waals surface area contributed by atoms with Gasteiger partial charge in [0.2, 0.25) is 6.79 Å². The number of rotatable bonds is 6. The van der Waals surface area contributed by atoms with E-state index in [1.165, 1.54) is 30.4 Å². The van der Waals surface area contributed by atoms with Gasteiger partial charge in [-0.3, -0.25) is 4.90 Å². The van der Waals surface area contributed by atoms with Crippen LogP contribution in [0.2, 0.25) is 0 Å². The first-order chi connectivity index (χ1) is 14.2. The summed E-state index contributed by atoms with van der Waals surface area (Å²) in [7, 11) is 0. The Labute approximate surface area is 172 Å². The highest BCUT2D eigenvalue weighted by Crippen LogP contribution is 2.34. The van der Waals surface area contributed by atoms with Crippen LogP contribution in [0.3, 0.4) is 0 Å². The van der Waals surface area contributed by atoms with Crippen LogP contribution in [0.25, 0.3) is 0 Å². The molecule has 1 saturated heterocycles. The molecule has 6 heteroatoms. The average Bonchev–Trinajstić information content (AvgIpc) is 3.22. The van der Waals surface area contributed by atoms with Gasteiger partial charge < -0.3 is 20.1 Å². The fraction of sp³-hybridized carbons (Fsp3) is 0.435. The SMILES string of the molecule is CC(NC(=O)NCc1ccccc1CN1CCCCC1)c1ccc2c(c1)OCO2. The summed E-state index contributed by atoms with van der Waals surface area (Å²) >= 11 is 0. The number of piperidine rings is 1. The van der Waals surface area contributed by atoms with Gasteiger partial charge in [0.05, 0.1) is 6.04 Å². The summed E-state index contributed by atoms with van der Waals surface area (Å²) in [6.45, 7) is 6.00. The molecule has 6 nitrogen and oxygen atoms in total. The summed E-state index contributed by atoms with van der Waals surface area (Å²) < 4.78 is 10.8. The molecule has 154 valence electrons. The number of amides is 2. The highest BCUT2D eigenvalue weighted by Gasteiger charge is 2.17. The molecule has 0 radical (unpaired) electrons. The summed E-state index contributed by atoms with van der Waals surface area (Å²) in [4.78, 5) is 15.0. The highest BCUT2D eigenvalue weighted by molar-refractivity contribution is 5.74. The van der Waals surface area contributed by atoms with Crippen LogP contribution >= 0.6 is 0 Å². The lowest BCUT2D eigenvalue weighted by molar-refractivity contribution is 0.174. The fourth-order valence-electron chi connectivity index (χ4n) is 3.93. The topological polar surface area (TPSA) is 62.8 Å². The van der Waals surface area contributed by atoms with Crippen molar-refractivity contribution in [2.24, 2.45) is 0 Å². The zero-order valence-corrected chi connectivity index (χ0v) is 16.9. The van der Waals surface area contributed by atoms with Gasteiger partial charge in [0, 0.05) is 13.1 Å². The van der Waals surface area contributed by atoms with Crippen molar-refractivity contribution in [1.82, 2.24) is 15.5 Å². The first-order valence-electron chi connectivity index (χ1n) is 10.4. The van der Waals surface area contributed by atoms with Gasteiger partial charge in [0.25, 0.3) is 0 Å². The Morgan fingerprint density at radius 2 is 1.79 bits per heavy atom. The molecule has 0 bridgehead atoms. The number of nitrogens with zero attached hydrogens (tertiary/aromatic N) is 1. The van der Waals surface area contributed by atoms with Crippen LogP contribution in [0, 0.1) is 0 Å². The third kappa shape index (κ3) is 5.01. The number of likely N-dealkylation sites (tertiary alicyclic amines) is 1. The molecule has 2 aliphatic heterocycles. The predicted octanol–water partition coefficient (Wildman–Crippen LogP) is 3.96. The van der Waals surface area contributed by atoms with Gasteiger partial charge in [-0.05, 0) is 61.7 Å². The lowest BCUT2D eigenvalue weighted by Crippen LogP contribution is -2.37. The van der Waals surface area contributed by atoms with E-state index in [1.54, 1.807) is 0 Å². The van der Waals surface area contributed by atoms with Gasteiger partial charge in [-0.15, -0.1) is 0 Å². The lowest BCUT2D eigenvalue weighted by atomic mass is 10.0. The minimum Gasteiger partial charge on any atom is -0.454 e. The van der Waals surface area contributed by atoms with E-state index in [-0.39, 0.29) is 18.9 Å². The minimum atomic E-state index is -0.178. The smallest absolute Gasteiger partial charge is 0.315 e. The van der Waals surface area contributed by atoms with Crippen LogP contribution in [-0.2, 0) is 13.1 Å². The normalized spacial score (nSPS) is 17.0. The number of hydrogen-bond acceptors (Lipinski definition) is 4. The second-order valence-electron chi connectivity index (χ2n) is 7.77. The Morgan fingerprint density at radius 1 is 1.03 bits per heavy atom. The second-order valence-corrected chi connectivity index (χ2v) is 7.77. The van der Waals surface area contributed by atoms with E-state index in [9.17, 15) is 4.79 Å². The molecule has 2 amide bonds. The number of benzene rings is 2. The molecule has 2 heterocycles. The van der Waals surface area contributed by atoms with Gasteiger partial charge in [-0.1, -0.05) is 36.8 Å². The van der Waals surface area contributed by atoms with Crippen molar-refractivity contribution in [2.45, 2.75) is 45.3 Å². The Hall–Kier alpha value is -2.73. The van der Waals surface area contributed by atoms with Crippen LogP contribution < -0.4 is 20.1 Å². The number of carbonyl (C=O) groups excluding carboxylic acids is 1. The van der Waals surface area contributed by atoms with Crippen molar-refractivity contribution in [1.29, 1.82) is 0 Å². The summed E-state index contributed by atoms with van der Waals surface area (Å²) in [6, 6.07) is 13.8. The molecule has 2 aliphatic rings. The maximum absolute atomic E-state index is 12.4. The second kappa shape index (κ2) is 9.18. The average molecular weight is 396 g/mol. The third-order valence-corrected chi connectivity index (χ3v) is 5.64. The van der Waals surface area contributed by atoms with Gasteiger partial charge >= 0.3 is 6.03 Å². The van der Waals surface area contributed by atoms with E-state index in [4.69, 9.17) is 9.47 Å². The minimum absolute atomic E-state index is 0.131. The number of urea groups is 1. The molecule has 1 atom stereocenters. The van der Waals surface area contributed by atoms with Gasteiger partial charge in [0.15, 0.2) is 11.5 Å². The monoisotopic (exact) mass is 395 g/mol. The van der Waals surface area contributed by atoms with Crippen molar-refractivity contribution in [3.63, 3.8) is 0 Å². The van der Waals surface area contributed by atoms with E-state index in [2.05, 4.69) is 33.7 Å². The van der Waals surface area contributed by atoms with Crippen molar-refractivity contribution in [3.8, 4) is 11.5 Å². The van der Waals surface area contributed by atoms with Crippen LogP contribution in [-0.4, -0.2) is 30.8 Å². The molecule has 1 fully saturated rings. The van der Waals surface area contributed by atoms with E-state index in [1.807, 2.05) is 31.2 Å². The first kappa shape index (κ1) is 19.6. The van der Waals surface area contributed by atoms with E-state index in [0.717, 1.165) is 36.7 Å². The van der Waals surface area contributed by atoms with E-state index >= 15 is 0 Å². The molecule has 2 N–H and O–H groups in total. The van der Waals surface area contributed by atoms with Crippen molar-refractivity contribution in [2.75, 3.05) is 19.9 Å². The molecule has 0 saturated carbocycles. The standard InChI is InChI=1S/C23H29N3O3/c1-17(18-9-10-21-22(13-18)29-16-28-21)25-23(27)24-14-19-7-3-4-8-20(19)15-26-11-5-2-6-12-26/h3-4,7-10,13,17H,2,5-6,11-12,14-16H2,1H3,(H2,24,25,27). The Kier molecular flexibility index (Phi) is 6.20. The number of nitrogens with one attached hydrogen (secondary N) is 2. The number of carbonyl (C=O) groups is 1. The quantitative estimate of drug-likeness (QED) is 0.777. The summed E-state index contributed by atoms with van der Waals surface area (Å²) in [6.07, 6.45) is 3.89. The Balaban J connectivity index is 1.31. The van der Waals surface area contributed by atoms with Gasteiger partial charge in [0.1, 0.15) is 0 Å². The van der Waals surface area contributed by atoms with Crippen LogP contribution in [0.15, 0.2) is 42.5 Å². The number of ether oxygens (including phenoxy) is 2. The number of fused-ring (bicyclic) bond motifs is 1. The largest absolute Gasteiger partial charge is 0.454 e. The highest BCUT2D eigenvalue weighted by atomic mass is 16.7. The molecule has 2 aromatic rings. The van der Waals surface area contributed by atoms with Crippen molar-refractivity contribution in [3.05, 3.63) is 59.2 Å². The summed E-state index contributed by atoms with van der Waals surface area (Å²) in [5, 5.41) is 6.01. The van der Waals surface area contributed by atoms with E-state index < -0.39 is 0 Å². The molecule has 0 spiro atoms. The summed E-state index contributed by atoms with van der Waals surface area (Å²) in [5.41, 5.74) is 3.44. The fourth-order valence-corrected chi connectivity index (χ4v) is 3.93. The van der Waals surface area contributed by atoms with Crippen molar-refractivity contribution >= 4 is 6.03 Å². The molecule has 0 aromatic heterocycles. The maximum atomic E-state index is 12.4.